The molecule has 0 heterocycles. The van der Waals surface area contributed by atoms with Crippen molar-refractivity contribution in [3.8, 4) is 0 Å². The van der Waals surface area contributed by atoms with Crippen LogP contribution < -0.4 is 0 Å². The van der Waals surface area contributed by atoms with Gasteiger partial charge in [-0.2, -0.15) is 0 Å². The Kier molecular flexibility index (Phi) is 4.24. The molecule has 0 aliphatic rings. The standard InChI is InChI=1S/C16H28Si/c1-13-10-8-9-11-14(13)12-15(16(2,3)4)17(5,6)7/h8-11,15H,12H2,1-7H3. The molecule has 1 atom stereocenters. The predicted molar refractivity (Wildman–Crippen MR) is 81.4 cm³/mol. The van der Waals surface area contributed by atoms with E-state index in [0.717, 1.165) is 5.54 Å². The van der Waals surface area contributed by atoms with Gasteiger partial charge >= 0.3 is 0 Å². The van der Waals surface area contributed by atoms with E-state index in [-0.39, 0.29) is 0 Å². The highest BCUT2D eigenvalue weighted by atomic mass is 28.3. The van der Waals surface area contributed by atoms with Crippen molar-refractivity contribution in [1.29, 1.82) is 0 Å². The van der Waals surface area contributed by atoms with E-state index in [1.807, 2.05) is 0 Å². The molecule has 1 rings (SSSR count). The molecule has 0 radical (unpaired) electrons. The second-order valence-corrected chi connectivity index (χ2v) is 12.8. The fourth-order valence-corrected chi connectivity index (χ4v) is 6.40. The van der Waals surface area contributed by atoms with Gasteiger partial charge in [-0.3, -0.25) is 0 Å². The van der Waals surface area contributed by atoms with Crippen molar-refractivity contribution < 1.29 is 0 Å². The van der Waals surface area contributed by atoms with Crippen molar-refractivity contribution in [3.05, 3.63) is 35.4 Å². The smallest absolute Gasteiger partial charge is 0.0482 e. The van der Waals surface area contributed by atoms with E-state index < -0.39 is 8.07 Å². The van der Waals surface area contributed by atoms with Crippen LogP contribution in [0.3, 0.4) is 0 Å². The number of benzene rings is 1. The third kappa shape index (κ3) is 3.99. The Morgan fingerprint density at radius 3 is 2.00 bits per heavy atom. The molecule has 1 aromatic rings. The monoisotopic (exact) mass is 248 g/mol. The van der Waals surface area contributed by atoms with Crippen LogP contribution in [0.15, 0.2) is 24.3 Å². The molecule has 1 unspecified atom stereocenters. The van der Waals surface area contributed by atoms with E-state index >= 15 is 0 Å². The zero-order valence-electron chi connectivity index (χ0n) is 12.6. The lowest BCUT2D eigenvalue weighted by atomic mass is 9.87. The number of hydrogen-bond donors (Lipinski definition) is 0. The molecule has 0 N–H and O–H groups in total. The first-order chi connectivity index (χ1) is 7.62. The maximum atomic E-state index is 2.50. The zero-order valence-corrected chi connectivity index (χ0v) is 13.6. The fraction of sp³-hybridized carbons (Fsp3) is 0.625. The van der Waals surface area contributed by atoms with Gasteiger partial charge in [-0.25, -0.2) is 0 Å². The van der Waals surface area contributed by atoms with Crippen LogP contribution in [0.2, 0.25) is 25.2 Å². The number of rotatable bonds is 3. The van der Waals surface area contributed by atoms with E-state index in [1.54, 1.807) is 0 Å². The fourth-order valence-electron chi connectivity index (χ4n) is 2.97. The number of aryl methyl sites for hydroxylation is 1. The van der Waals surface area contributed by atoms with Gasteiger partial charge in [0.2, 0.25) is 0 Å². The van der Waals surface area contributed by atoms with Crippen molar-refractivity contribution in [3.63, 3.8) is 0 Å². The van der Waals surface area contributed by atoms with Crippen molar-refractivity contribution in [1.82, 2.24) is 0 Å². The van der Waals surface area contributed by atoms with Crippen molar-refractivity contribution in [2.45, 2.75) is 59.3 Å². The second kappa shape index (κ2) is 4.97. The first kappa shape index (κ1) is 14.5. The molecule has 0 saturated carbocycles. The van der Waals surface area contributed by atoms with Crippen LogP contribution in [0.25, 0.3) is 0 Å². The minimum absolute atomic E-state index is 0.409. The summed E-state index contributed by atoms with van der Waals surface area (Å²) >= 11 is 0. The topological polar surface area (TPSA) is 0 Å². The summed E-state index contributed by atoms with van der Waals surface area (Å²) in [5.41, 5.74) is 4.22. The van der Waals surface area contributed by atoms with Crippen LogP contribution in [0.1, 0.15) is 31.9 Å². The Bertz CT molecular complexity index is 352. The Morgan fingerprint density at radius 2 is 1.59 bits per heavy atom. The van der Waals surface area contributed by atoms with Gasteiger partial charge in [0.05, 0.1) is 0 Å². The highest BCUT2D eigenvalue weighted by Crippen LogP contribution is 2.42. The Labute approximate surface area is 108 Å². The first-order valence-corrected chi connectivity index (χ1v) is 10.2. The van der Waals surface area contributed by atoms with Gasteiger partial charge < -0.3 is 0 Å². The van der Waals surface area contributed by atoms with Gasteiger partial charge in [-0.05, 0) is 35.4 Å². The highest BCUT2D eigenvalue weighted by Gasteiger charge is 2.36. The summed E-state index contributed by atoms with van der Waals surface area (Å²) in [7, 11) is -1.13. The lowest BCUT2D eigenvalue weighted by molar-refractivity contribution is 0.368. The first-order valence-electron chi connectivity index (χ1n) is 6.67. The molecule has 0 fully saturated rings. The van der Waals surface area contributed by atoms with Gasteiger partial charge in [-0.15, -0.1) is 0 Å². The summed E-state index contributed by atoms with van der Waals surface area (Å²) in [5, 5.41) is 0. The van der Waals surface area contributed by atoms with Gasteiger partial charge in [0.1, 0.15) is 0 Å². The van der Waals surface area contributed by atoms with E-state index in [4.69, 9.17) is 0 Å². The van der Waals surface area contributed by atoms with Crippen LogP contribution in [0, 0.1) is 12.3 Å². The van der Waals surface area contributed by atoms with Crippen molar-refractivity contribution in [2.75, 3.05) is 0 Å². The lowest BCUT2D eigenvalue weighted by Gasteiger charge is -2.40. The molecule has 96 valence electrons. The van der Waals surface area contributed by atoms with Crippen LogP contribution in [0.5, 0.6) is 0 Å². The molecule has 17 heavy (non-hydrogen) atoms. The molecule has 0 aliphatic heterocycles. The lowest BCUT2D eigenvalue weighted by Crippen LogP contribution is -2.38. The molecular formula is C16H28Si. The molecule has 0 aliphatic carbocycles. The average Bonchev–Trinajstić information content (AvgIpc) is 2.12. The Balaban J connectivity index is 3.00. The van der Waals surface area contributed by atoms with Gasteiger partial charge in [0, 0.05) is 8.07 Å². The molecule has 1 heteroatoms. The SMILES string of the molecule is Cc1ccccc1CC(C(C)(C)C)[Si](C)(C)C. The molecule has 0 aromatic heterocycles. The highest BCUT2D eigenvalue weighted by molar-refractivity contribution is 6.77. The number of hydrogen-bond acceptors (Lipinski definition) is 0. The summed E-state index contributed by atoms with van der Waals surface area (Å²) < 4.78 is 0. The van der Waals surface area contributed by atoms with Gasteiger partial charge in [0.25, 0.3) is 0 Å². The Hall–Kier alpha value is -0.563. The second-order valence-electron chi connectivity index (χ2n) is 7.42. The molecule has 0 amide bonds. The van der Waals surface area contributed by atoms with Crippen molar-refractivity contribution >= 4 is 8.07 Å². The van der Waals surface area contributed by atoms with Gasteiger partial charge in [-0.1, -0.05) is 64.7 Å². The molecule has 1 aromatic carbocycles. The summed E-state index contributed by atoms with van der Waals surface area (Å²) in [6.07, 6.45) is 1.24. The largest absolute Gasteiger partial charge is 0.0693 e. The minimum Gasteiger partial charge on any atom is -0.0693 e. The quantitative estimate of drug-likeness (QED) is 0.637. The minimum atomic E-state index is -1.13. The van der Waals surface area contributed by atoms with E-state index in [9.17, 15) is 0 Å². The molecular weight excluding hydrogens is 220 g/mol. The molecule has 0 bridgehead atoms. The van der Waals surface area contributed by atoms with Crippen molar-refractivity contribution in [2.24, 2.45) is 5.41 Å². The van der Waals surface area contributed by atoms with Crippen LogP contribution in [0.4, 0.5) is 0 Å². The molecule has 0 saturated heterocycles. The van der Waals surface area contributed by atoms with E-state index in [2.05, 4.69) is 71.6 Å². The third-order valence-corrected chi connectivity index (χ3v) is 6.94. The predicted octanol–water partition coefficient (Wildman–Crippen LogP) is 5.29. The summed E-state index contributed by atoms with van der Waals surface area (Å²) in [6, 6.07) is 8.85. The summed E-state index contributed by atoms with van der Waals surface area (Å²) in [6.45, 7) is 16.9. The van der Waals surface area contributed by atoms with Crippen LogP contribution in [-0.4, -0.2) is 8.07 Å². The average molecular weight is 248 g/mol. The maximum Gasteiger partial charge on any atom is 0.0482 e. The summed E-state index contributed by atoms with van der Waals surface area (Å²) in [5.74, 6) is 0. The molecule has 0 spiro atoms. The normalized spacial score (nSPS) is 14.8. The van der Waals surface area contributed by atoms with Gasteiger partial charge in [0.15, 0.2) is 0 Å². The third-order valence-electron chi connectivity index (χ3n) is 3.78. The zero-order chi connectivity index (χ0) is 13.3. The summed E-state index contributed by atoms with van der Waals surface area (Å²) in [4.78, 5) is 0. The van der Waals surface area contributed by atoms with E-state index in [1.165, 1.54) is 17.5 Å². The Morgan fingerprint density at radius 1 is 1.06 bits per heavy atom. The van der Waals surface area contributed by atoms with Crippen LogP contribution >= 0.6 is 0 Å². The molecule has 0 nitrogen and oxygen atoms in total. The van der Waals surface area contributed by atoms with Crippen LogP contribution in [-0.2, 0) is 6.42 Å². The van der Waals surface area contributed by atoms with E-state index in [0.29, 0.717) is 5.41 Å². The maximum absolute atomic E-state index is 2.50.